The zero-order valence-electron chi connectivity index (χ0n) is 16.3. The van der Waals surface area contributed by atoms with Gasteiger partial charge in [0.05, 0.1) is 24.6 Å². The molecule has 0 radical (unpaired) electrons. The van der Waals surface area contributed by atoms with E-state index in [-0.39, 0.29) is 17.4 Å². The molecule has 0 spiro atoms. The van der Waals surface area contributed by atoms with E-state index in [1.165, 1.54) is 11.3 Å². The number of morpholine rings is 1. The first-order chi connectivity index (χ1) is 13.0. The number of thiophene rings is 1. The van der Waals surface area contributed by atoms with Crippen molar-refractivity contribution in [2.24, 2.45) is 0 Å². The summed E-state index contributed by atoms with van der Waals surface area (Å²) >= 11 is 1.48. The number of nitrogens with zero attached hydrogens (tertiary/aromatic N) is 3. The standard InChI is InChI=1S/C19H30N4O3S/c1-19(2,23-9-11-26-12-10-23)15-20-17(24)14-21-5-7-22(8-6-21)18(25)16-4-3-13-27-16/h3-4,13H,5-12,14-15H2,1-2H3,(H,20,24). The first-order valence-electron chi connectivity index (χ1n) is 9.60. The van der Waals surface area contributed by atoms with Crippen molar-refractivity contribution in [2.75, 3.05) is 65.6 Å². The van der Waals surface area contributed by atoms with E-state index < -0.39 is 0 Å². The molecule has 7 nitrogen and oxygen atoms in total. The Morgan fingerprint density at radius 1 is 1.15 bits per heavy atom. The third kappa shape index (κ3) is 5.51. The van der Waals surface area contributed by atoms with Crippen LogP contribution in [0.3, 0.4) is 0 Å². The maximum Gasteiger partial charge on any atom is 0.264 e. The molecule has 2 fully saturated rings. The van der Waals surface area contributed by atoms with E-state index in [1.54, 1.807) is 0 Å². The Morgan fingerprint density at radius 2 is 1.85 bits per heavy atom. The van der Waals surface area contributed by atoms with Gasteiger partial charge < -0.3 is 15.0 Å². The highest BCUT2D eigenvalue weighted by atomic mass is 32.1. The van der Waals surface area contributed by atoms with Crippen LogP contribution < -0.4 is 5.32 Å². The number of rotatable bonds is 6. The first kappa shape index (κ1) is 20.3. The molecule has 1 aromatic rings. The molecule has 1 N–H and O–H groups in total. The molecule has 0 bridgehead atoms. The lowest BCUT2D eigenvalue weighted by Gasteiger charge is -2.41. The Balaban J connectivity index is 1.38. The number of ether oxygens (including phenoxy) is 1. The minimum atomic E-state index is -0.0781. The number of carbonyl (C=O) groups excluding carboxylic acids is 2. The Labute approximate surface area is 165 Å². The van der Waals surface area contributed by atoms with Crippen LogP contribution in [0, 0.1) is 0 Å². The summed E-state index contributed by atoms with van der Waals surface area (Å²) in [5.74, 6) is 0.149. The van der Waals surface area contributed by atoms with E-state index in [1.807, 2.05) is 22.4 Å². The Hall–Kier alpha value is -1.48. The van der Waals surface area contributed by atoms with Crippen molar-refractivity contribution in [3.63, 3.8) is 0 Å². The van der Waals surface area contributed by atoms with E-state index in [0.29, 0.717) is 26.2 Å². The molecule has 2 aliphatic heterocycles. The summed E-state index contributed by atoms with van der Waals surface area (Å²) in [5.41, 5.74) is -0.0781. The minimum absolute atomic E-state index is 0.0503. The van der Waals surface area contributed by atoms with E-state index in [4.69, 9.17) is 4.74 Å². The van der Waals surface area contributed by atoms with Crippen molar-refractivity contribution in [2.45, 2.75) is 19.4 Å². The summed E-state index contributed by atoms with van der Waals surface area (Å²) in [6.45, 7) is 11.5. The maximum absolute atomic E-state index is 12.4. The number of hydrogen-bond acceptors (Lipinski definition) is 6. The third-order valence-electron chi connectivity index (χ3n) is 5.34. The van der Waals surface area contributed by atoms with Crippen molar-refractivity contribution in [3.05, 3.63) is 22.4 Å². The van der Waals surface area contributed by atoms with Gasteiger partial charge in [-0.05, 0) is 25.3 Å². The van der Waals surface area contributed by atoms with Crippen LogP contribution in [0.5, 0.6) is 0 Å². The zero-order chi connectivity index (χ0) is 19.3. The average Bonchev–Trinajstić information content (AvgIpc) is 3.22. The second kappa shape index (κ2) is 9.14. The van der Waals surface area contributed by atoms with Crippen LogP contribution in [-0.4, -0.2) is 97.6 Å². The van der Waals surface area contributed by atoms with Gasteiger partial charge in [-0.2, -0.15) is 0 Å². The molecule has 27 heavy (non-hydrogen) atoms. The highest BCUT2D eigenvalue weighted by molar-refractivity contribution is 7.12. The van der Waals surface area contributed by atoms with Crippen molar-refractivity contribution in [3.8, 4) is 0 Å². The Bertz CT molecular complexity index is 621. The minimum Gasteiger partial charge on any atom is -0.379 e. The van der Waals surface area contributed by atoms with Gasteiger partial charge >= 0.3 is 0 Å². The fraction of sp³-hybridized carbons (Fsp3) is 0.684. The summed E-state index contributed by atoms with van der Waals surface area (Å²) in [6.07, 6.45) is 0. The molecule has 8 heteroatoms. The normalized spacial score (nSPS) is 19.9. The fourth-order valence-corrected chi connectivity index (χ4v) is 4.21. The molecule has 0 saturated carbocycles. The number of hydrogen-bond donors (Lipinski definition) is 1. The smallest absolute Gasteiger partial charge is 0.264 e. The van der Waals surface area contributed by atoms with Crippen LogP contribution in [0.15, 0.2) is 17.5 Å². The molecular weight excluding hydrogens is 364 g/mol. The van der Waals surface area contributed by atoms with E-state index in [9.17, 15) is 9.59 Å². The predicted molar refractivity (Wildman–Crippen MR) is 106 cm³/mol. The van der Waals surface area contributed by atoms with Gasteiger partial charge in [-0.1, -0.05) is 6.07 Å². The van der Waals surface area contributed by atoms with Gasteiger partial charge in [-0.25, -0.2) is 0 Å². The molecular formula is C19H30N4O3S. The summed E-state index contributed by atoms with van der Waals surface area (Å²) in [5, 5.41) is 5.00. The second-order valence-electron chi connectivity index (χ2n) is 7.73. The molecule has 2 aliphatic rings. The van der Waals surface area contributed by atoms with Crippen molar-refractivity contribution >= 4 is 23.2 Å². The van der Waals surface area contributed by atoms with Gasteiger partial charge in [-0.3, -0.25) is 19.4 Å². The second-order valence-corrected chi connectivity index (χ2v) is 8.68. The first-order valence-corrected chi connectivity index (χ1v) is 10.5. The van der Waals surface area contributed by atoms with E-state index in [2.05, 4.69) is 29.0 Å². The number of nitrogens with one attached hydrogen (secondary N) is 1. The third-order valence-corrected chi connectivity index (χ3v) is 6.20. The monoisotopic (exact) mass is 394 g/mol. The maximum atomic E-state index is 12.4. The number of carbonyl (C=O) groups is 2. The Morgan fingerprint density at radius 3 is 2.48 bits per heavy atom. The van der Waals surface area contributed by atoms with Crippen molar-refractivity contribution < 1.29 is 14.3 Å². The van der Waals surface area contributed by atoms with Crippen molar-refractivity contribution in [1.29, 1.82) is 0 Å². The van der Waals surface area contributed by atoms with Gasteiger partial charge in [0, 0.05) is 51.4 Å². The Kier molecular flexibility index (Phi) is 6.86. The predicted octanol–water partition coefficient (Wildman–Crippen LogP) is 0.733. The number of amides is 2. The molecule has 0 unspecified atom stereocenters. The SMILES string of the molecule is CC(C)(CNC(=O)CN1CCN(C(=O)c2cccs2)CC1)N1CCOCC1. The molecule has 0 aromatic carbocycles. The van der Waals surface area contributed by atoms with Crippen molar-refractivity contribution in [1.82, 2.24) is 20.0 Å². The molecule has 2 saturated heterocycles. The largest absolute Gasteiger partial charge is 0.379 e. The van der Waals surface area contributed by atoms with Crippen LogP contribution in [-0.2, 0) is 9.53 Å². The molecule has 0 aliphatic carbocycles. The van der Waals surface area contributed by atoms with Crippen LogP contribution in [0.2, 0.25) is 0 Å². The van der Waals surface area contributed by atoms with Gasteiger partial charge in [0.15, 0.2) is 0 Å². The van der Waals surface area contributed by atoms with Gasteiger partial charge in [0.2, 0.25) is 5.91 Å². The lowest BCUT2D eigenvalue weighted by molar-refractivity contribution is -0.123. The van der Waals surface area contributed by atoms with Crippen LogP contribution in [0.1, 0.15) is 23.5 Å². The van der Waals surface area contributed by atoms with E-state index >= 15 is 0 Å². The molecule has 2 amide bonds. The summed E-state index contributed by atoms with van der Waals surface area (Å²) in [4.78, 5) is 31.9. The molecule has 150 valence electrons. The lowest BCUT2D eigenvalue weighted by atomic mass is 10.0. The van der Waals surface area contributed by atoms with Gasteiger partial charge in [0.1, 0.15) is 0 Å². The topological polar surface area (TPSA) is 65.1 Å². The summed E-state index contributed by atoms with van der Waals surface area (Å²) in [7, 11) is 0. The van der Waals surface area contributed by atoms with Gasteiger partial charge in [-0.15, -0.1) is 11.3 Å². The van der Waals surface area contributed by atoms with Crippen LogP contribution in [0.4, 0.5) is 0 Å². The highest BCUT2D eigenvalue weighted by Gasteiger charge is 2.29. The summed E-state index contributed by atoms with van der Waals surface area (Å²) in [6, 6.07) is 3.76. The summed E-state index contributed by atoms with van der Waals surface area (Å²) < 4.78 is 5.41. The van der Waals surface area contributed by atoms with Crippen LogP contribution in [0.25, 0.3) is 0 Å². The van der Waals surface area contributed by atoms with Crippen LogP contribution >= 0.6 is 11.3 Å². The number of piperazine rings is 1. The average molecular weight is 395 g/mol. The lowest BCUT2D eigenvalue weighted by Crippen LogP contribution is -2.56. The van der Waals surface area contributed by atoms with Gasteiger partial charge in [0.25, 0.3) is 5.91 Å². The fourth-order valence-electron chi connectivity index (χ4n) is 3.52. The molecule has 0 atom stereocenters. The zero-order valence-corrected chi connectivity index (χ0v) is 17.1. The molecule has 1 aromatic heterocycles. The molecule has 3 rings (SSSR count). The van der Waals surface area contributed by atoms with E-state index in [0.717, 1.165) is 44.3 Å². The molecule has 3 heterocycles. The highest BCUT2D eigenvalue weighted by Crippen LogP contribution is 2.16. The quantitative estimate of drug-likeness (QED) is 0.771.